The number of rotatable bonds is 1. The lowest BCUT2D eigenvalue weighted by Crippen LogP contribution is -2.93. The zero-order valence-electron chi connectivity index (χ0n) is 10.5. The van der Waals surface area contributed by atoms with Gasteiger partial charge in [0, 0.05) is 5.56 Å². The van der Waals surface area contributed by atoms with Crippen LogP contribution in [0.2, 0.25) is 0 Å². The maximum Gasteiger partial charge on any atom is 0.259 e. The van der Waals surface area contributed by atoms with Crippen molar-refractivity contribution in [3.8, 4) is 0 Å². The Hall–Kier alpha value is -2.13. The van der Waals surface area contributed by atoms with Crippen LogP contribution in [0.1, 0.15) is 21.5 Å². The van der Waals surface area contributed by atoms with Crippen molar-refractivity contribution in [3.63, 3.8) is 0 Å². The summed E-state index contributed by atoms with van der Waals surface area (Å²) in [6.07, 6.45) is 0. The van der Waals surface area contributed by atoms with E-state index < -0.39 is 0 Å². The van der Waals surface area contributed by atoms with Crippen LogP contribution in [-0.4, -0.2) is 23.9 Å². The van der Waals surface area contributed by atoms with Crippen LogP contribution >= 0.6 is 0 Å². The van der Waals surface area contributed by atoms with Crippen molar-refractivity contribution in [2.75, 3.05) is 13.1 Å². The molecule has 0 saturated carbocycles. The molecule has 1 atom stereocenters. The summed E-state index contributed by atoms with van der Waals surface area (Å²) in [4.78, 5) is 14.6. The molecule has 0 radical (unpaired) electrons. The van der Waals surface area contributed by atoms with Gasteiger partial charge in [-0.25, -0.2) is 0 Å². The highest BCUT2D eigenvalue weighted by molar-refractivity contribution is 6.00. The normalized spacial score (nSPS) is 24.4. The van der Waals surface area contributed by atoms with Gasteiger partial charge in [-0.1, -0.05) is 42.5 Å². The average molecular weight is 251 g/mol. The second-order valence-corrected chi connectivity index (χ2v) is 5.13. The maximum atomic E-state index is 12.6. The number of nitrogens with zero attached hydrogens (tertiary/aromatic N) is 1. The van der Waals surface area contributed by atoms with Crippen LogP contribution in [0, 0.1) is 0 Å². The van der Waals surface area contributed by atoms with E-state index >= 15 is 0 Å². The smallest absolute Gasteiger partial charge is 0.259 e. The quantitative estimate of drug-likeness (QED) is 0.804. The number of hydrogen-bond donors (Lipinski definition) is 1. The fourth-order valence-electron chi connectivity index (χ4n) is 3.47. The highest BCUT2D eigenvalue weighted by Crippen LogP contribution is 2.40. The van der Waals surface area contributed by atoms with Gasteiger partial charge in [-0.05, 0) is 12.1 Å². The van der Waals surface area contributed by atoms with E-state index in [0.717, 1.165) is 24.2 Å². The second kappa shape index (κ2) is 3.68. The predicted octanol–water partition coefficient (Wildman–Crippen LogP) is 0.920. The molecule has 0 aromatic heterocycles. The molecule has 2 aromatic carbocycles. The first kappa shape index (κ1) is 10.8. The minimum atomic E-state index is -0.338. The summed E-state index contributed by atoms with van der Waals surface area (Å²) in [7, 11) is 0. The Morgan fingerprint density at radius 2 is 1.74 bits per heavy atom. The lowest BCUT2D eigenvalue weighted by molar-refractivity contribution is -0.716. The Balaban J connectivity index is 2.02. The molecule has 2 heterocycles. The molecule has 1 saturated heterocycles. The molecule has 1 fully saturated rings. The first-order chi connectivity index (χ1) is 9.34. The van der Waals surface area contributed by atoms with Crippen LogP contribution in [0.15, 0.2) is 54.6 Å². The Bertz CT molecular complexity index is 653. The molecular formula is C16H15N2O+. The maximum absolute atomic E-state index is 12.6. The fraction of sp³-hybridized carbons (Fsp3) is 0.188. The Morgan fingerprint density at radius 1 is 1.00 bits per heavy atom. The lowest BCUT2D eigenvalue weighted by atomic mass is 9.91. The molecular weight excluding hydrogens is 236 g/mol. The van der Waals surface area contributed by atoms with Gasteiger partial charge in [-0.15, -0.1) is 0 Å². The third-order valence-electron chi connectivity index (χ3n) is 4.25. The largest absolute Gasteiger partial charge is 0.315 e. The number of hydrogen-bond acceptors (Lipinski definition) is 1. The van der Waals surface area contributed by atoms with Gasteiger partial charge in [-0.3, -0.25) is 9.69 Å². The van der Waals surface area contributed by atoms with Crippen molar-refractivity contribution in [2.24, 2.45) is 0 Å². The number of quaternary nitrogens is 1. The molecule has 3 heteroatoms. The summed E-state index contributed by atoms with van der Waals surface area (Å²) in [5.41, 5.74) is 2.83. The van der Waals surface area contributed by atoms with E-state index in [1.54, 1.807) is 0 Å². The molecule has 1 amide bonds. The molecule has 94 valence electrons. The minimum Gasteiger partial charge on any atom is -0.315 e. The third kappa shape index (κ3) is 1.23. The van der Waals surface area contributed by atoms with E-state index in [9.17, 15) is 4.79 Å². The molecule has 0 spiro atoms. The lowest BCUT2D eigenvalue weighted by Gasteiger charge is -2.29. The van der Waals surface area contributed by atoms with E-state index in [4.69, 9.17) is 0 Å². The second-order valence-electron chi connectivity index (χ2n) is 5.13. The van der Waals surface area contributed by atoms with Crippen LogP contribution in [0.25, 0.3) is 0 Å². The number of benzene rings is 2. The number of nitrogens with two attached hydrogens (primary N) is 1. The van der Waals surface area contributed by atoms with Gasteiger partial charge in [0.05, 0.1) is 24.2 Å². The van der Waals surface area contributed by atoms with Crippen LogP contribution < -0.4 is 5.32 Å². The summed E-state index contributed by atoms with van der Waals surface area (Å²) in [6, 6.07) is 18.3. The van der Waals surface area contributed by atoms with Gasteiger partial charge >= 0.3 is 0 Å². The Labute approximate surface area is 111 Å². The van der Waals surface area contributed by atoms with Gasteiger partial charge in [-0.2, -0.15) is 0 Å². The van der Waals surface area contributed by atoms with E-state index in [2.05, 4.69) is 23.5 Å². The molecule has 2 N–H and O–H groups in total. The zero-order chi connectivity index (χ0) is 12.9. The minimum absolute atomic E-state index is 0.160. The number of amides is 1. The number of carbonyl (C=O) groups is 1. The highest BCUT2D eigenvalue weighted by atomic mass is 16.2. The van der Waals surface area contributed by atoms with Crippen LogP contribution in [0.5, 0.6) is 0 Å². The number of carbonyl (C=O) groups excluding carboxylic acids is 1. The van der Waals surface area contributed by atoms with Crippen molar-refractivity contribution in [3.05, 3.63) is 71.3 Å². The first-order valence-electron chi connectivity index (χ1n) is 6.65. The van der Waals surface area contributed by atoms with Crippen molar-refractivity contribution in [1.29, 1.82) is 0 Å². The molecule has 0 bridgehead atoms. The summed E-state index contributed by atoms with van der Waals surface area (Å²) >= 11 is 0. The summed E-state index contributed by atoms with van der Waals surface area (Å²) in [6.45, 7) is 1.76. The van der Waals surface area contributed by atoms with Crippen molar-refractivity contribution in [1.82, 2.24) is 4.90 Å². The molecule has 0 aliphatic carbocycles. The number of fused-ring (bicyclic) bond motifs is 3. The van der Waals surface area contributed by atoms with E-state index in [0.29, 0.717) is 0 Å². The Kier molecular flexibility index (Phi) is 2.09. The molecule has 2 aliphatic heterocycles. The van der Waals surface area contributed by atoms with Crippen LogP contribution in [0.3, 0.4) is 0 Å². The van der Waals surface area contributed by atoms with E-state index in [-0.39, 0.29) is 11.6 Å². The fourth-order valence-corrected chi connectivity index (χ4v) is 3.47. The van der Waals surface area contributed by atoms with E-state index in [1.165, 1.54) is 5.56 Å². The van der Waals surface area contributed by atoms with Gasteiger partial charge in [0.2, 0.25) is 5.66 Å². The summed E-state index contributed by atoms with van der Waals surface area (Å²) in [5, 5.41) is 2.28. The van der Waals surface area contributed by atoms with Crippen molar-refractivity contribution >= 4 is 5.91 Å². The average Bonchev–Trinajstić information content (AvgIpc) is 3.01. The molecule has 3 nitrogen and oxygen atoms in total. The summed E-state index contributed by atoms with van der Waals surface area (Å²) in [5.74, 6) is 0.160. The highest BCUT2D eigenvalue weighted by Gasteiger charge is 2.57. The standard InChI is InChI=1S/C16H14N2O/c19-15-13-8-4-5-9-14(13)16(17-10-11-18(15)16)12-6-2-1-3-7-12/h1-9,17H,10-11H2/p+1. The van der Waals surface area contributed by atoms with Crippen molar-refractivity contribution in [2.45, 2.75) is 5.66 Å². The molecule has 19 heavy (non-hydrogen) atoms. The molecule has 4 rings (SSSR count). The third-order valence-corrected chi connectivity index (χ3v) is 4.25. The summed E-state index contributed by atoms with van der Waals surface area (Å²) < 4.78 is 0. The van der Waals surface area contributed by atoms with Gasteiger partial charge in [0.15, 0.2) is 0 Å². The first-order valence-corrected chi connectivity index (χ1v) is 6.65. The predicted molar refractivity (Wildman–Crippen MR) is 71.5 cm³/mol. The van der Waals surface area contributed by atoms with Crippen LogP contribution in [-0.2, 0) is 5.66 Å². The van der Waals surface area contributed by atoms with Crippen LogP contribution in [0.4, 0.5) is 0 Å². The molecule has 1 unspecified atom stereocenters. The zero-order valence-corrected chi connectivity index (χ0v) is 10.5. The van der Waals surface area contributed by atoms with E-state index in [1.807, 2.05) is 41.3 Å². The van der Waals surface area contributed by atoms with Gasteiger partial charge in [0.25, 0.3) is 5.91 Å². The SMILES string of the molecule is O=C1c2ccccc2C2(c3ccccc3)[NH2+]CCN12. The van der Waals surface area contributed by atoms with Crippen molar-refractivity contribution < 1.29 is 10.1 Å². The van der Waals surface area contributed by atoms with Gasteiger partial charge in [0.1, 0.15) is 0 Å². The molecule has 2 aliphatic rings. The Morgan fingerprint density at radius 3 is 2.58 bits per heavy atom. The topological polar surface area (TPSA) is 36.9 Å². The monoisotopic (exact) mass is 251 g/mol. The van der Waals surface area contributed by atoms with Gasteiger partial charge < -0.3 is 5.32 Å². The molecule has 2 aromatic rings.